The first kappa shape index (κ1) is 19.8. The number of non-ortho nitro benzene ring substituents is 1. The van der Waals surface area contributed by atoms with E-state index in [0.29, 0.717) is 11.3 Å². The van der Waals surface area contributed by atoms with E-state index < -0.39 is 26.8 Å². The normalized spacial score (nSPS) is 12.8. The average molecular weight is 383 g/mol. The Morgan fingerprint density at radius 2 is 1.88 bits per heavy atom. The van der Waals surface area contributed by atoms with Crippen molar-refractivity contribution in [2.24, 2.45) is 5.73 Å². The van der Waals surface area contributed by atoms with Crippen LogP contribution in [0.3, 0.4) is 0 Å². The Hall–Kier alpha value is -2.56. The zero-order chi connectivity index (χ0) is 19.5. The molecule has 0 bridgehead atoms. The molecule has 0 fully saturated rings. The van der Waals surface area contributed by atoms with Gasteiger partial charge in [0.25, 0.3) is 5.69 Å². The van der Waals surface area contributed by atoms with Crippen molar-refractivity contribution in [3.63, 3.8) is 0 Å². The summed E-state index contributed by atoms with van der Waals surface area (Å²) >= 11 is 0. The summed E-state index contributed by atoms with van der Waals surface area (Å²) in [6.07, 6.45) is 0. The van der Waals surface area contributed by atoms with Crippen molar-refractivity contribution in [2.45, 2.75) is 10.9 Å². The van der Waals surface area contributed by atoms with Crippen LogP contribution >= 0.6 is 0 Å². The third-order valence-electron chi connectivity index (χ3n) is 3.80. The molecule has 2 rings (SSSR count). The van der Waals surface area contributed by atoms with Crippen LogP contribution in [0.1, 0.15) is 11.6 Å². The van der Waals surface area contributed by atoms with Gasteiger partial charge < -0.3 is 10.5 Å². The fourth-order valence-corrected chi connectivity index (χ4v) is 3.58. The van der Waals surface area contributed by atoms with Crippen LogP contribution in [0.4, 0.5) is 10.1 Å². The molecule has 0 aliphatic heterocycles. The maximum atomic E-state index is 13.5. The molecule has 0 amide bonds. The molecule has 0 spiro atoms. The number of methoxy groups -OCH3 is 1. The molecule has 140 valence electrons. The smallest absolute Gasteiger partial charge is 0.269 e. The highest BCUT2D eigenvalue weighted by atomic mass is 32.2. The third kappa shape index (κ3) is 4.15. The van der Waals surface area contributed by atoms with Gasteiger partial charge in [-0.3, -0.25) is 10.1 Å². The largest absolute Gasteiger partial charge is 0.496 e. The quantitative estimate of drug-likeness (QED) is 0.578. The number of nitrogens with two attached hydrogens (primary N) is 1. The minimum absolute atomic E-state index is 0.107. The molecule has 10 heteroatoms. The van der Waals surface area contributed by atoms with E-state index in [-0.39, 0.29) is 17.1 Å². The lowest BCUT2D eigenvalue weighted by Crippen LogP contribution is -2.34. The Labute approximate surface area is 150 Å². The molecular formula is C16H18FN3O5S. The van der Waals surface area contributed by atoms with Crippen molar-refractivity contribution in [3.8, 4) is 5.75 Å². The van der Waals surface area contributed by atoms with E-state index in [2.05, 4.69) is 0 Å². The van der Waals surface area contributed by atoms with E-state index in [0.717, 1.165) is 28.6 Å². The molecular weight excluding hydrogens is 365 g/mol. The summed E-state index contributed by atoms with van der Waals surface area (Å²) in [5, 5.41) is 10.7. The minimum atomic E-state index is -3.92. The van der Waals surface area contributed by atoms with E-state index in [1.54, 1.807) is 0 Å². The Morgan fingerprint density at radius 3 is 2.42 bits per heavy atom. The second kappa shape index (κ2) is 7.77. The van der Waals surface area contributed by atoms with E-state index in [1.165, 1.54) is 32.4 Å². The lowest BCUT2D eigenvalue weighted by Gasteiger charge is -2.22. The fraction of sp³-hybridized carbons (Fsp3) is 0.250. The van der Waals surface area contributed by atoms with E-state index in [4.69, 9.17) is 10.5 Å². The Balaban J connectivity index is 2.23. The maximum Gasteiger partial charge on any atom is 0.269 e. The monoisotopic (exact) mass is 383 g/mol. The zero-order valence-electron chi connectivity index (χ0n) is 14.1. The maximum absolute atomic E-state index is 13.5. The number of nitro benzene ring substituents is 1. The van der Waals surface area contributed by atoms with Gasteiger partial charge in [-0.15, -0.1) is 0 Å². The summed E-state index contributed by atoms with van der Waals surface area (Å²) in [5.41, 5.74) is 6.15. The Bertz CT molecular complexity index is 903. The molecule has 0 saturated heterocycles. The second-order valence-corrected chi connectivity index (χ2v) is 7.57. The van der Waals surface area contributed by atoms with E-state index >= 15 is 0 Å². The third-order valence-corrected chi connectivity index (χ3v) is 5.64. The Kier molecular flexibility index (Phi) is 5.90. The molecule has 0 saturated carbocycles. The first-order valence-corrected chi connectivity index (χ1v) is 8.90. The van der Waals surface area contributed by atoms with Gasteiger partial charge in [0.2, 0.25) is 10.0 Å². The van der Waals surface area contributed by atoms with Crippen LogP contribution in [-0.4, -0.2) is 38.3 Å². The van der Waals surface area contributed by atoms with Crippen LogP contribution < -0.4 is 10.5 Å². The number of sulfonamides is 1. The van der Waals surface area contributed by atoms with Gasteiger partial charge in [0.05, 0.1) is 16.9 Å². The van der Waals surface area contributed by atoms with E-state index in [1.807, 2.05) is 0 Å². The lowest BCUT2D eigenvalue weighted by molar-refractivity contribution is -0.384. The Morgan fingerprint density at radius 1 is 1.27 bits per heavy atom. The number of benzene rings is 2. The van der Waals surface area contributed by atoms with Crippen LogP contribution in [0.15, 0.2) is 47.4 Å². The number of nitro groups is 1. The summed E-state index contributed by atoms with van der Waals surface area (Å²) in [6.45, 7) is -0.140. The number of hydrogen-bond donors (Lipinski definition) is 1. The predicted octanol–water partition coefficient (Wildman–Crippen LogP) is 2.06. The van der Waals surface area contributed by atoms with Gasteiger partial charge in [-0.25, -0.2) is 12.8 Å². The van der Waals surface area contributed by atoms with Gasteiger partial charge in [0.1, 0.15) is 11.6 Å². The van der Waals surface area contributed by atoms with Crippen molar-refractivity contribution in [1.29, 1.82) is 0 Å². The molecule has 26 heavy (non-hydrogen) atoms. The van der Waals surface area contributed by atoms with Gasteiger partial charge in [-0.05, 0) is 30.3 Å². The van der Waals surface area contributed by atoms with Crippen LogP contribution in [-0.2, 0) is 10.0 Å². The van der Waals surface area contributed by atoms with Crippen molar-refractivity contribution >= 4 is 15.7 Å². The summed E-state index contributed by atoms with van der Waals surface area (Å²) < 4.78 is 44.8. The molecule has 0 heterocycles. The summed E-state index contributed by atoms with van der Waals surface area (Å²) in [4.78, 5) is 9.95. The first-order chi connectivity index (χ1) is 12.2. The van der Waals surface area contributed by atoms with Gasteiger partial charge in [0, 0.05) is 37.3 Å². The summed E-state index contributed by atoms with van der Waals surface area (Å²) in [6, 6.07) is 7.50. The molecule has 2 aromatic rings. The van der Waals surface area contributed by atoms with Crippen LogP contribution in [0.2, 0.25) is 0 Å². The number of hydrogen-bond acceptors (Lipinski definition) is 6. The summed E-state index contributed by atoms with van der Waals surface area (Å²) in [7, 11) is -1.19. The second-order valence-electron chi connectivity index (χ2n) is 5.53. The molecule has 0 radical (unpaired) electrons. The van der Waals surface area contributed by atoms with Crippen LogP contribution in [0, 0.1) is 15.9 Å². The number of likely N-dealkylation sites (N-methyl/N-ethyl adjacent to an activating group) is 1. The first-order valence-electron chi connectivity index (χ1n) is 7.46. The molecule has 0 aromatic heterocycles. The van der Waals surface area contributed by atoms with Crippen molar-refractivity contribution in [3.05, 3.63) is 64.0 Å². The van der Waals surface area contributed by atoms with Gasteiger partial charge in [-0.2, -0.15) is 4.31 Å². The highest BCUT2D eigenvalue weighted by molar-refractivity contribution is 7.89. The zero-order valence-corrected chi connectivity index (χ0v) is 14.9. The number of rotatable bonds is 7. The SMILES string of the molecule is COc1ccc(F)cc1[C@@H](N)CN(C)S(=O)(=O)c1ccc([N+](=O)[O-])cc1. The lowest BCUT2D eigenvalue weighted by atomic mass is 10.1. The van der Waals surface area contributed by atoms with Crippen LogP contribution in [0.25, 0.3) is 0 Å². The average Bonchev–Trinajstić information content (AvgIpc) is 2.61. The topological polar surface area (TPSA) is 116 Å². The molecule has 0 aliphatic rings. The molecule has 2 N–H and O–H groups in total. The molecule has 8 nitrogen and oxygen atoms in total. The van der Waals surface area contributed by atoms with Gasteiger partial charge in [0.15, 0.2) is 0 Å². The van der Waals surface area contributed by atoms with Crippen LogP contribution in [0.5, 0.6) is 5.75 Å². The molecule has 2 aromatic carbocycles. The summed E-state index contributed by atoms with van der Waals surface area (Å²) in [5.74, 6) is -0.169. The van der Waals surface area contributed by atoms with Crippen molar-refractivity contribution < 1.29 is 22.5 Å². The fourth-order valence-electron chi connectivity index (χ4n) is 2.39. The minimum Gasteiger partial charge on any atom is -0.496 e. The van der Waals surface area contributed by atoms with Gasteiger partial charge >= 0.3 is 0 Å². The molecule has 0 aliphatic carbocycles. The van der Waals surface area contributed by atoms with Crippen molar-refractivity contribution in [2.75, 3.05) is 20.7 Å². The molecule has 1 atom stereocenters. The van der Waals surface area contributed by atoms with Crippen molar-refractivity contribution in [1.82, 2.24) is 4.31 Å². The number of nitrogens with zero attached hydrogens (tertiary/aromatic N) is 2. The van der Waals surface area contributed by atoms with Gasteiger partial charge in [-0.1, -0.05) is 0 Å². The highest BCUT2D eigenvalue weighted by Crippen LogP contribution is 2.26. The molecule has 0 unspecified atom stereocenters. The standard InChI is InChI=1S/C16H18FN3O5S/c1-19(10-15(18)14-9-11(17)3-8-16(14)25-2)26(23,24)13-6-4-12(5-7-13)20(21)22/h3-9,15H,10,18H2,1-2H3/t15-/m0/s1. The highest BCUT2D eigenvalue weighted by Gasteiger charge is 2.25. The van der Waals surface area contributed by atoms with E-state index in [9.17, 15) is 22.9 Å². The number of halogens is 1. The predicted molar refractivity (Wildman–Crippen MR) is 92.8 cm³/mol. The number of ether oxygens (including phenoxy) is 1.